The molecule has 4 aromatic rings. The summed E-state index contributed by atoms with van der Waals surface area (Å²) in [6, 6.07) is 7.78. The van der Waals surface area contributed by atoms with Gasteiger partial charge in [-0.15, -0.1) is 0 Å². The van der Waals surface area contributed by atoms with Crippen molar-refractivity contribution in [2.45, 2.75) is 31.3 Å². The molecule has 38 heavy (non-hydrogen) atoms. The van der Waals surface area contributed by atoms with Crippen molar-refractivity contribution in [1.82, 2.24) is 19.2 Å². The number of sulfonamides is 1. The number of nitrogens with one attached hydrogen (secondary N) is 2. The minimum atomic E-state index is -3.93. The highest BCUT2D eigenvalue weighted by Crippen LogP contribution is 2.28. The first-order valence-electron chi connectivity index (χ1n) is 11.7. The van der Waals surface area contributed by atoms with Gasteiger partial charge in [0, 0.05) is 47.3 Å². The van der Waals surface area contributed by atoms with Gasteiger partial charge in [-0.2, -0.15) is 9.29 Å². The van der Waals surface area contributed by atoms with Gasteiger partial charge in [0.15, 0.2) is 0 Å². The lowest BCUT2D eigenvalue weighted by molar-refractivity contribution is -0.343. The van der Waals surface area contributed by atoms with Crippen LogP contribution in [-0.2, 0) is 19.6 Å². The van der Waals surface area contributed by atoms with Crippen LogP contribution in [0.4, 0.5) is 0 Å². The minimum absolute atomic E-state index is 0. The first-order valence-corrected chi connectivity index (χ1v) is 14.3. The van der Waals surface area contributed by atoms with Crippen LogP contribution in [0.25, 0.3) is 21.1 Å². The number of rotatable bonds is 6. The third-order valence-corrected chi connectivity index (χ3v) is 9.30. The second-order valence-electron chi connectivity index (χ2n) is 8.77. The summed E-state index contributed by atoms with van der Waals surface area (Å²) in [5.74, 6) is -0.796. The number of H-pyrrole nitrogens is 2. The van der Waals surface area contributed by atoms with Gasteiger partial charge < -0.3 is 38.6 Å². The number of ether oxygens (including phenoxy) is 1. The average Bonchev–Trinajstić information content (AvgIpc) is 3.47. The monoisotopic (exact) mass is 689 g/mol. The summed E-state index contributed by atoms with van der Waals surface area (Å²) in [5.41, 5.74) is 2.26. The molecule has 1 fully saturated rings. The molecule has 1 aromatic carbocycles. The van der Waals surface area contributed by atoms with Crippen LogP contribution in [0.5, 0.6) is 0 Å². The van der Waals surface area contributed by atoms with Crippen LogP contribution in [0.15, 0.2) is 41.6 Å². The third-order valence-electron chi connectivity index (χ3n) is 6.25. The van der Waals surface area contributed by atoms with Crippen LogP contribution in [0, 0.1) is 6.92 Å². The maximum atomic E-state index is 13.5. The smallest absolute Gasteiger partial charge is 0.330 e. The van der Waals surface area contributed by atoms with E-state index in [1.165, 1.54) is 21.7 Å². The Morgan fingerprint density at radius 1 is 1.26 bits per heavy atom. The topological polar surface area (TPSA) is 127 Å². The highest BCUT2D eigenvalue weighted by atomic mass is 127. The number of thiazole rings is 1. The molecule has 1 aliphatic rings. The Hall–Kier alpha value is -2.33. The summed E-state index contributed by atoms with van der Waals surface area (Å²) >= 11 is 7.33. The molecule has 1 unspecified atom stereocenters. The Morgan fingerprint density at radius 3 is 2.82 bits per heavy atom. The lowest BCUT2D eigenvalue weighted by Gasteiger charge is -2.39. The van der Waals surface area contributed by atoms with Gasteiger partial charge in [-0.25, -0.2) is 8.42 Å². The predicted molar refractivity (Wildman–Crippen MR) is 139 cm³/mol. The molecule has 4 heterocycles. The SMILES string of the molecule is CCOC(=O)CC1CN(S(=O)(=O)c2cc3cc(Cl)ccc3[nH]2)CCN1C(=O)c1[nH+]c2cc(C)ncc2s1.[I-]. The Balaban J connectivity index is 0.00000336. The number of carbonyl (C=O) groups excluding carboxylic acids is 2. The van der Waals surface area contributed by atoms with Gasteiger partial charge in [0.25, 0.3) is 10.0 Å². The zero-order valence-electron chi connectivity index (χ0n) is 20.5. The summed E-state index contributed by atoms with van der Waals surface area (Å²) in [7, 11) is -3.93. The standard InChI is InChI=1S/C24H24ClN5O5S2.HI/c1-3-35-22(31)11-17-13-29(37(33,34)21-10-15-9-16(25)4-5-18(15)27-21)6-7-30(17)24(32)23-28-19-8-14(2)26-12-20(19)36-23;/h4-5,8-10,12,17,27H,3,6-7,11,13H2,1-2H3;1H. The number of carbonyl (C=O) groups is 2. The molecule has 5 rings (SSSR count). The van der Waals surface area contributed by atoms with Crippen molar-refractivity contribution >= 4 is 66.0 Å². The van der Waals surface area contributed by atoms with Crippen molar-refractivity contribution in [2.75, 3.05) is 26.2 Å². The van der Waals surface area contributed by atoms with E-state index in [-0.39, 0.29) is 67.6 Å². The largest absolute Gasteiger partial charge is 1.00 e. The summed E-state index contributed by atoms with van der Waals surface area (Å²) in [5, 5.41) is 1.59. The minimum Gasteiger partial charge on any atom is -1.00 e. The number of aromatic nitrogens is 3. The van der Waals surface area contributed by atoms with E-state index < -0.39 is 22.0 Å². The molecule has 0 bridgehead atoms. The Bertz CT molecular complexity index is 1620. The van der Waals surface area contributed by atoms with E-state index in [0.29, 0.717) is 20.9 Å². The summed E-state index contributed by atoms with van der Waals surface area (Å²) in [4.78, 5) is 37.8. The first kappa shape index (κ1) is 28.7. The van der Waals surface area contributed by atoms with Crippen LogP contribution in [-0.4, -0.2) is 71.8 Å². The molecule has 1 aliphatic heterocycles. The van der Waals surface area contributed by atoms with Crippen molar-refractivity contribution in [3.8, 4) is 0 Å². The van der Waals surface area contributed by atoms with Gasteiger partial charge in [0.1, 0.15) is 9.73 Å². The van der Waals surface area contributed by atoms with Gasteiger partial charge in [0.2, 0.25) is 5.52 Å². The number of hydrogen-bond acceptors (Lipinski definition) is 7. The molecular formula is C24H25ClIN5O5S2. The number of pyridine rings is 1. The molecule has 0 saturated carbocycles. The Labute approximate surface area is 245 Å². The lowest BCUT2D eigenvalue weighted by atomic mass is 10.1. The molecule has 10 nitrogen and oxygen atoms in total. The zero-order chi connectivity index (χ0) is 26.3. The van der Waals surface area contributed by atoms with Gasteiger partial charge >= 0.3 is 16.9 Å². The van der Waals surface area contributed by atoms with E-state index in [1.54, 1.807) is 36.2 Å². The number of halogens is 2. The Kier molecular flexibility index (Phi) is 8.62. The number of fused-ring (bicyclic) bond motifs is 2. The summed E-state index contributed by atoms with van der Waals surface area (Å²) in [6.07, 6.45) is 1.58. The summed E-state index contributed by atoms with van der Waals surface area (Å²) < 4.78 is 34.3. The number of esters is 1. The fraction of sp³-hybridized carbons (Fsp3) is 0.333. The van der Waals surface area contributed by atoms with E-state index in [4.69, 9.17) is 16.3 Å². The third kappa shape index (κ3) is 5.66. The Morgan fingerprint density at radius 2 is 2.05 bits per heavy atom. The van der Waals surface area contributed by atoms with Gasteiger partial charge in [-0.1, -0.05) is 22.9 Å². The highest BCUT2D eigenvalue weighted by molar-refractivity contribution is 7.89. The number of piperazine rings is 1. The molecule has 3 aromatic heterocycles. The van der Waals surface area contributed by atoms with Crippen LogP contribution in [0.2, 0.25) is 5.02 Å². The van der Waals surface area contributed by atoms with Gasteiger partial charge in [-0.3, -0.25) is 14.6 Å². The van der Waals surface area contributed by atoms with E-state index in [0.717, 1.165) is 15.9 Å². The summed E-state index contributed by atoms with van der Waals surface area (Å²) in [6.45, 7) is 3.90. The van der Waals surface area contributed by atoms with E-state index in [9.17, 15) is 18.0 Å². The van der Waals surface area contributed by atoms with Crippen molar-refractivity contribution in [3.05, 3.63) is 52.3 Å². The molecule has 0 radical (unpaired) electrons. The van der Waals surface area contributed by atoms with Gasteiger partial charge in [0.05, 0.1) is 25.3 Å². The van der Waals surface area contributed by atoms with Crippen molar-refractivity contribution in [1.29, 1.82) is 0 Å². The van der Waals surface area contributed by atoms with Gasteiger partial charge in [-0.05, 0) is 38.1 Å². The van der Waals surface area contributed by atoms with Crippen LogP contribution < -0.4 is 29.0 Å². The molecule has 2 N–H and O–H groups in total. The fourth-order valence-corrected chi connectivity index (χ4v) is 7.04. The van der Waals surface area contributed by atoms with Crippen LogP contribution in [0.1, 0.15) is 28.8 Å². The first-order chi connectivity index (χ1) is 17.7. The predicted octanol–water partition coefficient (Wildman–Crippen LogP) is 0.0260. The van der Waals surface area contributed by atoms with E-state index >= 15 is 0 Å². The number of aromatic amines is 2. The van der Waals surface area contributed by atoms with E-state index in [1.807, 2.05) is 13.0 Å². The number of benzene rings is 1. The maximum Gasteiger partial charge on any atom is 0.330 e. The number of nitrogens with zero attached hydrogens (tertiary/aromatic N) is 3. The molecule has 0 aliphatic carbocycles. The van der Waals surface area contributed by atoms with Crippen LogP contribution >= 0.6 is 22.9 Å². The second-order valence-corrected chi connectivity index (χ2v) is 12.2. The maximum absolute atomic E-state index is 13.5. The van der Waals surface area contributed by atoms with Crippen molar-refractivity contribution < 1.29 is 51.7 Å². The molecule has 1 atom stereocenters. The molecule has 1 saturated heterocycles. The molecule has 202 valence electrons. The van der Waals surface area contributed by atoms with Crippen LogP contribution in [0.3, 0.4) is 0 Å². The fourth-order valence-electron chi connectivity index (χ4n) is 4.47. The second kappa shape index (κ2) is 11.4. The highest BCUT2D eigenvalue weighted by Gasteiger charge is 2.40. The lowest BCUT2D eigenvalue weighted by Crippen LogP contribution is -3.00. The number of hydrogen-bond donors (Lipinski definition) is 1. The quantitative estimate of drug-likeness (QED) is 0.225. The number of aryl methyl sites for hydroxylation is 1. The molecule has 0 spiro atoms. The normalized spacial score (nSPS) is 16.5. The van der Waals surface area contributed by atoms with E-state index in [2.05, 4.69) is 15.0 Å². The van der Waals surface area contributed by atoms with Crippen molar-refractivity contribution in [2.24, 2.45) is 0 Å². The molecule has 14 heteroatoms. The molecular weight excluding hydrogens is 665 g/mol. The van der Waals surface area contributed by atoms with Crippen molar-refractivity contribution in [3.63, 3.8) is 0 Å². The molecule has 1 amide bonds. The number of amides is 1. The average molecular weight is 690 g/mol. The zero-order valence-corrected chi connectivity index (χ0v) is 25.1.